The highest BCUT2D eigenvalue weighted by Gasteiger charge is 2.49. The first kappa shape index (κ1) is 29.1. The predicted molar refractivity (Wildman–Crippen MR) is 154 cm³/mol. The van der Waals surface area contributed by atoms with E-state index in [-0.39, 0.29) is 13.2 Å². The van der Waals surface area contributed by atoms with Gasteiger partial charge in [-0.15, -0.1) is 0 Å². The molecule has 7 nitrogen and oxygen atoms in total. The molecule has 5 atom stereocenters. The maximum Gasteiger partial charge on any atom is 0.220 e. The van der Waals surface area contributed by atoms with Crippen molar-refractivity contribution in [2.24, 2.45) is 0 Å². The van der Waals surface area contributed by atoms with E-state index in [0.717, 1.165) is 22.3 Å². The summed E-state index contributed by atoms with van der Waals surface area (Å²) in [6, 6.07) is 39.5. The third kappa shape index (κ3) is 8.55. The summed E-state index contributed by atoms with van der Waals surface area (Å²) in [5.41, 5.74) is 4.03. The molecule has 1 N–H and O–H groups in total. The molecule has 0 unspecified atom stereocenters. The highest BCUT2D eigenvalue weighted by molar-refractivity contribution is 5.16. The van der Waals surface area contributed by atoms with Gasteiger partial charge in [0.25, 0.3) is 0 Å². The SMILES string of the molecule is OO[C@@H]1O[C@H](COCc2ccccc2)[C@@H](OCc2ccccc2)[C@H](OCc2ccccc2)[C@H]1OCc1ccccc1. The first-order valence-electron chi connectivity index (χ1n) is 13.8. The van der Waals surface area contributed by atoms with Gasteiger partial charge in [0, 0.05) is 0 Å². The van der Waals surface area contributed by atoms with Crippen molar-refractivity contribution in [2.45, 2.75) is 57.1 Å². The summed E-state index contributed by atoms with van der Waals surface area (Å²) < 4.78 is 31.7. The fourth-order valence-electron chi connectivity index (χ4n) is 4.83. The second-order valence-electron chi connectivity index (χ2n) is 9.93. The zero-order chi connectivity index (χ0) is 28.1. The fourth-order valence-corrected chi connectivity index (χ4v) is 4.83. The zero-order valence-corrected chi connectivity index (χ0v) is 22.9. The molecular weight excluding hydrogens is 520 g/mol. The first-order valence-corrected chi connectivity index (χ1v) is 13.8. The smallest absolute Gasteiger partial charge is 0.220 e. The van der Waals surface area contributed by atoms with Crippen molar-refractivity contribution >= 4 is 0 Å². The van der Waals surface area contributed by atoms with Crippen LogP contribution in [0.5, 0.6) is 0 Å². The molecule has 1 aliphatic rings. The predicted octanol–water partition coefficient (Wildman–Crippen LogP) is 6.17. The molecule has 0 spiro atoms. The molecule has 5 rings (SSSR count). The Morgan fingerprint density at radius 3 is 1.32 bits per heavy atom. The molecule has 1 aliphatic heterocycles. The van der Waals surface area contributed by atoms with E-state index in [4.69, 9.17) is 28.6 Å². The Morgan fingerprint density at radius 2 is 0.878 bits per heavy atom. The van der Waals surface area contributed by atoms with E-state index in [9.17, 15) is 5.26 Å². The number of hydrogen-bond donors (Lipinski definition) is 1. The molecule has 4 aromatic rings. The van der Waals surface area contributed by atoms with Crippen LogP contribution >= 0.6 is 0 Å². The third-order valence-electron chi connectivity index (χ3n) is 6.94. The van der Waals surface area contributed by atoms with E-state index in [0.29, 0.717) is 19.8 Å². The van der Waals surface area contributed by atoms with Crippen molar-refractivity contribution in [3.05, 3.63) is 144 Å². The first-order chi connectivity index (χ1) is 20.3. The Morgan fingerprint density at radius 1 is 0.488 bits per heavy atom. The Labute approximate surface area is 241 Å². The topological polar surface area (TPSA) is 75.6 Å². The third-order valence-corrected chi connectivity index (χ3v) is 6.94. The van der Waals surface area contributed by atoms with Gasteiger partial charge in [0.15, 0.2) is 0 Å². The highest BCUT2D eigenvalue weighted by atomic mass is 17.1. The van der Waals surface area contributed by atoms with Gasteiger partial charge < -0.3 is 23.7 Å². The number of rotatable bonds is 14. The molecule has 1 fully saturated rings. The van der Waals surface area contributed by atoms with Crippen LogP contribution in [0.4, 0.5) is 0 Å². The van der Waals surface area contributed by atoms with E-state index in [1.165, 1.54) is 0 Å². The monoisotopic (exact) mass is 556 g/mol. The van der Waals surface area contributed by atoms with Crippen molar-refractivity contribution in [3.8, 4) is 0 Å². The Balaban J connectivity index is 1.38. The van der Waals surface area contributed by atoms with E-state index >= 15 is 0 Å². The largest absolute Gasteiger partial charge is 0.374 e. The summed E-state index contributed by atoms with van der Waals surface area (Å²) in [5, 5.41) is 9.93. The zero-order valence-electron chi connectivity index (χ0n) is 22.9. The molecule has 7 heteroatoms. The fraction of sp³-hybridized carbons (Fsp3) is 0.294. The molecule has 214 valence electrons. The number of ether oxygens (including phenoxy) is 5. The van der Waals surface area contributed by atoms with Crippen LogP contribution in [0, 0.1) is 0 Å². The normalized spacial score (nSPS) is 22.4. The second-order valence-corrected chi connectivity index (χ2v) is 9.93. The second kappa shape index (κ2) is 15.6. The van der Waals surface area contributed by atoms with Crippen molar-refractivity contribution in [2.75, 3.05) is 6.61 Å². The molecule has 0 bridgehead atoms. The van der Waals surface area contributed by atoms with Crippen LogP contribution in [0.3, 0.4) is 0 Å². The van der Waals surface area contributed by atoms with Crippen molar-refractivity contribution in [1.29, 1.82) is 0 Å². The van der Waals surface area contributed by atoms with Gasteiger partial charge in [0.05, 0.1) is 33.0 Å². The van der Waals surface area contributed by atoms with E-state index < -0.39 is 30.7 Å². The quantitative estimate of drug-likeness (QED) is 0.147. The lowest BCUT2D eigenvalue weighted by atomic mass is 9.98. The van der Waals surface area contributed by atoms with Gasteiger partial charge in [-0.2, -0.15) is 0 Å². The van der Waals surface area contributed by atoms with Crippen LogP contribution in [0.25, 0.3) is 0 Å². The molecule has 0 aromatic heterocycles. The maximum atomic E-state index is 9.93. The number of benzene rings is 4. The minimum atomic E-state index is -1.11. The Kier molecular flexibility index (Phi) is 11.0. The highest BCUT2D eigenvalue weighted by Crippen LogP contribution is 2.31. The van der Waals surface area contributed by atoms with Crippen LogP contribution in [-0.2, 0) is 55.0 Å². The van der Waals surface area contributed by atoms with Gasteiger partial charge in [-0.25, -0.2) is 10.1 Å². The van der Waals surface area contributed by atoms with Crippen LogP contribution in [0.15, 0.2) is 121 Å². The molecule has 0 amide bonds. The molecule has 0 aliphatic carbocycles. The molecular formula is C34H36O7. The van der Waals surface area contributed by atoms with Crippen LogP contribution in [0.2, 0.25) is 0 Å². The van der Waals surface area contributed by atoms with Gasteiger partial charge >= 0.3 is 0 Å². The Hall–Kier alpha value is -3.40. The number of hydrogen-bond acceptors (Lipinski definition) is 7. The lowest BCUT2D eigenvalue weighted by molar-refractivity contribution is -0.415. The summed E-state index contributed by atoms with van der Waals surface area (Å²) in [6.07, 6.45) is -3.71. The minimum absolute atomic E-state index is 0.199. The lowest BCUT2D eigenvalue weighted by Gasteiger charge is -2.44. The average molecular weight is 557 g/mol. The average Bonchev–Trinajstić information content (AvgIpc) is 3.04. The summed E-state index contributed by atoms with van der Waals surface area (Å²) in [7, 11) is 0. The molecule has 1 saturated heterocycles. The molecule has 4 aromatic carbocycles. The van der Waals surface area contributed by atoms with Gasteiger partial charge in [-0.3, -0.25) is 0 Å². The summed E-state index contributed by atoms with van der Waals surface area (Å²) in [6.45, 7) is 1.54. The van der Waals surface area contributed by atoms with Gasteiger partial charge in [-0.05, 0) is 22.3 Å². The van der Waals surface area contributed by atoms with Gasteiger partial charge in [0.2, 0.25) is 6.29 Å². The molecule has 0 radical (unpaired) electrons. The van der Waals surface area contributed by atoms with Crippen molar-refractivity contribution in [3.63, 3.8) is 0 Å². The summed E-state index contributed by atoms with van der Waals surface area (Å²) in [4.78, 5) is 4.84. The molecule has 1 heterocycles. The van der Waals surface area contributed by atoms with E-state index in [1.807, 2.05) is 121 Å². The van der Waals surface area contributed by atoms with Crippen molar-refractivity contribution in [1.82, 2.24) is 0 Å². The van der Waals surface area contributed by atoms with Crippen molar-refractivity contribution < 1.29 is 33.8 Å². The molecule has 41 heavy (non-hydrogen) atoms. The van der Waals surface area contributed by atoms with Crippen LogP contribution in [0.1, 0.15) is 22.3 Å². The minimum Gasteiger partial charge on any atom is -0.374 e. The van der Waals surface area contributed by atoms with Crippen LogP contribution < -0.4 is 0 Å². The van der Waals surface area contributed by atoms with E-state index in [2.05, 4.69) is 0 Å². The van der Waals surface area contributed by atoms with Gasteiger partial charge in [0.1, 0.15) is 24.4 Å². The van der Waals surface area contributed by atoms with Gasteiger partial charge in [-0.1, -0.05) is 121 Å². The summed E-state index contributed by atoms with van der Waals surface area (Å²) >= 11 is 0. The standard InChI is InChI=1S/C34H36O7/c35-41-34-33(39-24-29-19-11-4-12-20-29)32(38-23-28-17-9-3-10-18-28)31(37-22-27-15-7-2-8-16-27)30(40-34)25-36-21-26-13-5-1-6-14-26/h1-20,30-35H,21-25H2/t30-,31-,32+,33-,34+/m1/s1. The lowest BCUT2D eigenvalue weighted by Crippen LogP contribution is -2.61. The Bertz CT molecular complexity index is 1260. The maximum absolute atomic E-state index is 9.93. The summed E-state index contributed by atoms with van der Waals surface area (Å²) in [5.74, 6) is 0. The van der Waals surface area contributed by atoms with Crippen LogP contribution in [-0.4, -0.2) is 42.6 Å². The van der Waals surface area contributed by atoms with E-state index in [1.54, 1.807) is 0 Å². The molecule has 0 saturated carbocycles.